The molecule has 36 heavy (non-hydrogen) atoms. The lowest BCUT2D eigenvalue weighted by molar-refractivity contribution is 0.245. The van der Waals surface area contributed by atoms with Crippen LogP contribution < -0.4 is 14.9 Å². The lowest BCUT2D eigenvalue weighted by Crippen LogP contribution is -2.41. The second-order valence-corrected chi connectivity index (χ2v) is 11.7. The number of sulfonamides is 1. The summed E-state index contributed by atoms with van der Waals surface area (Å²) in [5, 5.41) is 3.00. The molecule has 1 aliphatic carbocycles. The third-order valence-corrected chi connectivity index (χ3v) is 9.00. The number of rotatable bonds is 5. The summed E-state index contributed by atoms with van der Waals surface area (Å²) in [7, 11) is -2.13. The van der Waals surface area contributed by atoms with Crippen molar-refractivity contribution in [1.29, 1.82) is 0 Å². The van der Waals surface area contributed by atoms with Crippen LogP contribution in [0.3, 0.4) is 0 Å². The molecule has 0 unspecified atom stereocenters. The Morgan fingerprint density at radius 1 is 1.03 bits per heavy atom. The predicted molar refractivity (Wildman–Crippen MR) is 139 cm³/mol. The van der Waals surface area contributed by atoms with Gasteiger partial charge in [0.25, 0.3) is 0 Å². The molecule has 2 N–H and O–H groups in total. The summed E-state index contributed by atoms with van der Waals surface area (Å²) in [5.41, 5.74) is 5.80. The lowest BCUT2D eigenvalue weighted by Gasteiger charge is -2.25. The van der Waals surface area contributed by atoms with Gasteiger partial charge >= 0.3 is 6.03 Å². The van der Waals surface area contributed by atoms with Crippen molar-refractivity contribution in [3.8, 4) is 11.1 Å². The number of fused-ring (bicyclic) bond motifs is 2. The Kier molecular flexibility index (Phi) is 6.34. The maximum absolute atomic E-state index is 13.7. The maximum Gasteiger partial charge on any atom is 0.322 e. The number of hydrogen-bond donors (Lipinski definition) is 2. The van der Waals surface area contributed by atoms with E-state index in [1.165, 1.54) is 30.8 Å². The highest BCUT2D eigenvalue weighted by Gasteiger charge is 2.46. The van der Waals surface area contributed by atoms with Crippen molar-refractivity contribution in [2.45, 2.75) is 49.5 Å². The molecule has 6 nitrogen and oxygen atoms in total. The summed E-state index contributed by atoms with van der Waals surface area (Å²) >= 11 is 0. The van der Waals surface area contributed by atoms with Gasteiger partial charge in [0.1, 0.15) is 5.82 Å². The number of carbonyl (C=O) groups is 1. The van der Waals surface area contributed by atoms with E-state index in [2.05, 4.69) is 16.1 Å². The smallest absolute Gasteiger partial charge is 0.322 e. The van der Waals surface area contributed by atoms with Gasteiger partial charge in [0.15, 0.2) is 0 Å². The third kappa shape index (κ3) is 4.40. The van der Waals surface area contributed by atoms with Gasteiger partial charge in [0, 0.05) is 24.2 Å². The van der Waals surface area contributed by atoms with E-state index in [9.17, 15) is 17.6 Å². The Labute approximate surface area is 211 Å². The number of halogens is 1. The van der Waals surface area contributed by atoms with Gasteiger partial charge in [0.05, 0.1) is 4.90 Å². The zero-order valence-electron chi connectivity index (χ0n) is 20.5. The highest BCUT2D eigenvalue weighted by molar-refractivity contribution is 7.89. The van der Waals surface area contributed by atoms with Crippen LogP contribution in [-0.4, -0.2) is 28.0 Å². The van der Waals surface area contributed by atoms with Crippen molar-refractivity contribution in [2.75, 3.05) is 18.5 Å². The number of hydrogen-bond acceptors (Lipinski definition) is 3. The number of carbonyl (C=O) groups excluding carboxylic acids is 1. The van der Waals surface area contributed by atoms with Crippen molar-refractivity contribution in [1.82, 2.24) is 10.0 Å². The van der Waals surface area contributed by atoms with Gasteiger partial charge in [-0.05, 0) is 91.0 Å². The molecule has 3 aromatic rings. The molecule has 5 rings (SSSR count). The zero-order valence-corrected chi connectivity index (χ0v) is 21.3. The summed E-state index contributed by atoms with van der Waals surface area (Å²) in [5.74, 6) is -0.245. The van der Waals surface area contributed by atoms with Gasteiger partial charge in [-0.25, -0.2) is 22.3 Å². The average molecular weight is 508 g/mol. The largest absolute Gasteiger partial charge is 0.334 e. The Morgan fingerprint density at radius 3 is 2.42 bits per heavy atom. The molecular weight excluding hydrogens is 477 g/mol. The maximum atomic E-state index is 13.7. The number of anilines is 1. The van der Waals surface area contributed by atoms with Gasteiger partial charge in [0.2, 0.25) is 10.0 Å². The quantitative estimate of drug-likeness (QED) is 0.495. The minimum atomic E-state index is -3.50. The van der Waals surface area contributed by atoms with Crippen molar-refractivity contribution in [2.24, 2.45) is 0 Å². The van der Waals surface area contributed by atoms with Crippen molar-refractivity contribution in [3.63, 3.8) is 0 Å². The molecule has 188 valence electrons. The molecule has 2 aliphatic rings. The van der Waals surface area contributed by atoms with E-state index in [1.807, 2.05) is 30.0 Å². The van der Waals surface area contributed by atoms with Crippen LogP contribution in [0.1, 0.15) is 42.4 Å². The number of benzene rings is 3. The van der Waals surface area contributed by atoms with Gasteiger partial charge in [-0.1, -0.05) is 37.1 Å². The molecule has 1 fully saturated rings. The fraction of sp³-hybridized carbons (Fsp3) is 0.321. The highest BCUT2D eigenvalue weighted by Crippen LogP contribution is 2.51. The number of aryl methyl sites for hydroxylation is 1. The molecule has 0 aromatic heterocycles. The fourth-order valence-corrected chi connectivity index (χ4v) is 6.36. The first-order valence-electron chi connectivity index (χ1n) is 12.2. The average Bonchev–Trinajstić information content (AvgIpc) is 3.48. The molecule has 0 bridgehead atoms. The number of nitrogens with zero attached hydrogens (tertiary/aromatic N) is 1. The molecular formula is C28H30FN3O3S. The molecule has 2 amide bonds. The predicted octanol–water partition coefficient (Wildman–Crippen LogP) is 5.25. The van der Waals surface area contributed by atoms with Gasteiger partial charge < -0.3 is 5.32 Å². The summed E-state index contributed by atoms with van der Waals surface area (Å²) in [6, 6.07) is 17.4. The van der Waals surface area contributed by atoms with Crippen molar-refractivity contribution in [3.05, 3.63) is 83.2 Å². The first kappa shape index (κ1) is 24.5. The highest BCUT2D eigenvalue weighted by atomic mass is 32.2. The van der Waals surface area contributed by atoms with Crippen LogP contribution in [0.25, 0.3) is 11.1 Å². The second kappa shape index (κ2) is 9.33. The molecule has 8 heteroatoms. The van der Waals surface area contributed by atoms with Crippen molar-refractivity contribution >= 4 is 21.7 Å². The minimum absolute atomic E-state index is 0.0558. The topological polar surface area (TPSA) is 78.5 Å². The monoisotopic (exact) mass is 507 g/mol. The number of amides is 2. The first-order valence-corrected chi connectivity index (χ1v) is 13.7. The van der Waals surface area contributed by atoms with Crippen LogP contribution in [0.5, 0.6) is 0 Å². The van der Waals surface area contributed by atoms with E-state index in [0.717, 1.165) is 53.6 Å². The minimum Gasteiger partial charge on any atom is -0.334 e. The van der Waals surface area contributed by atoms with E-state index in [4.69, 9.17) is 0 Å². The molecule has 0 atom stereocenters. The Bertz CT molecular complexity index is 1410. The standard InChI is InChI=1S/C28H30FN3O3S/c1-19-15-22(29)8-11-24(19)21-7-12-26-25(16-21)28(13-3-4-14-28)18-32(26)27(33)31-17-20-5-9-23(10-6-20)36(34,35)30-2/h5-12,15-16,30H,3-4,13-14,17-18H2,1-2H3,(H,31,33). The lowest BCUT2D eigenvalue weighted by atomic mass is 9.80. The van der Waals surface area contributed by atoms with Crippen molar-refractivity contribution < 1.29 is 17.6 Å². The molecule has 1 heterocycles. The van der Waals surface area contributed by atoms with Crippen LogP contribution in [0.15, 0.2) is 65.6 Å². The van der Waals surface area contributed by atoms with E-state index < -0.39 is 10.0 Å². The summed E-state index contributed by atoms with van der Waals surface area (Å²) in [6.45, 7) is 2.85. The molecule has 0 saturated heterocycles. The van der Waals surface area contributed by atoms with Crippen LogP contribution in [0.2, 0.25) is 0 Å². The molecule has 1 saturated carbocycles. The Hall–Kier alpha value is -3.23. The molecule has 1 spiro atoms. The molecule has 1 aliphatic heterocycles. The molecule has 0 radical (unpaired) electrons. The summed E-state index contributed by atoms with van der Waals surface area (Å²) in [6.07, 6.45) is 4.35. The fourth-order valence-electron chi connectivity index (χ4n) is 5.63. The van der Waals surface area contributed by atoms with Gasteiger partial charge in [-0.3, -0.25) is 4.90 Å². The number of urea groups is 1. The molecule has 3 aromatic carbocycles. The van der Waals surface area contributed by atoms with Crippen LogP contribution in [0, 0.1) is 12.7 Å². The van der Waals surface area contributed by atoms with Crippen LogP contribution in [0.4, 0.5) is 14.9 Å². The van der Waals surface area contributed by atoms with Gasteiger partial charge in [-0.15, -0.1) is 0 Å². The van der Waals surface area contributed by atoms with E-state index in [1.54, 1.807) is 18.2 Å². The SMILES string of the molecule is CNS(=O)(=O)c1ccc(CNC(=O)N2CC3(CCCC3)c3cc(-c4ccc(F)cc4C)ccc32)cc1. The van der Waals surface area contributed by atoms with E-state index >= 15 is 0 Å². The normalized spacial score (nSPS) is 16.4. The summed E-state index contributed by atoms with van der Waals surface area (Å²) < 4.78 is 39.8. The van der Waals surface area contributed by atoms with E-state index in [-0.39, 0.29) is 22.2 Å². The first-order chi connectivity index (χ1) is 17.2. The van der Waals surface area contributed by atoms with Gasteiger partial charge in [-0.2, -0.15) is 0 Å². The number of nitrogens with one attached hydrogen (secondary N) is 2. The van der Waals surface area contributed by atoms with Crippen LogP contribution in [-0.2, 0) is 22.0 Å². The Morgan fingerprint density at radius 2 is 1.75 bits per heavy atom. The van der Waals surface area contributed by atoms with Crippen LogP contribution >= 0.6 is 0 Å². The Balaban J connectivity index is 1.38. The third-order valence-electron chi connectivity index (χ3n) is 7.57. The summed E-state index contributed by atoms with van der Waals surface area (Å²) in [4.78, 5) is 15.3. The van der Waals surface area contributed by atoms with E-state index in [0.29, 0.717) is 13.1 Å². The second-order valence-electron chi connectivity index (χ2n) is 9.77. The zero-order chi connectivity index (χ0) is 25.5.